The SMILES string of the molecule is O=S(=O)(c1ccc(NCC2CCCC(O)C2)cc1)C(F)F. The van der Waals surface area contributed by atoms with E-state index < -0.39 is 15.6 Å². The molecular weight excluding hydrogens is 300 g/mol. The Morgan fingerprint density at radius 1 is 1.24 bits per heavy atom. The zero-order chi connectivity index (χ0) is 15.5. The number of alkyl halides is 2. The number of anilines is 1. The predicted octanol–water partition coefficient (Wildman–Crippen LogP) is 2.65. The van der Waals surface area contributed by atoms with E-state index in [9.17, 15) is 22.3 Å². The molecule has 0 spiro atoms. The van der Waals surface area contributed by atoms with E-state index in [0.29, 0.717) is 18.2 Å². The van der Waals surface area contributed by atoms with E-state index in [4.69, 9.17) is 0 Å². The highest BCUT2D eigenvalue weighted by atomic mass is 32.2. The average Bonchev–Trinajstić information content (AvgIpc) is 2.45. The maximum atomic E-state index is 12.4. The van der Waals surface area contributed by atoms with E-state index in [-0.39, 0.29) is 11.0 Å². The molecule has 0 saturated heterocycles. The number of sulfone groups is 1. The normalized spacial score (nSPS) is 23.2. The average molecular weight is 319 g/mol. The van der Waals surface area contributed by atoms with Gasteiger partial charge in [0.2, 0.25) is 9.84 Å². The van der Waals surface area contributed by atoms with E-state index in [1.807, 2.05) is 0 Å². The van der Waals surface area contributed by atoms with Crippen molar-refractivity contribution in [1.82, 2.24) is 0 Å². The van der Waals surface area contributed by atoms with Crippen LogP contribution < -0.4 is 5.32 Å². The molecule has 7 heteroatoms. The molecule has 0 aromatic heterocycles. The van der Waals surface area contributed by atoms with E-state index in [1.54, 1.807) is 0 Å². The summed E-state index contributed by atoms with van der Waals surface area (Å²) in [6.45, 7) is 0.679. The fraction of sp³-hybridized carbons (Fsp3) is 0.571. The second-order valence-corrected chi connectivity index (χ2v) is 7.32. The number of rotatable bonds is 5. The molecule has 0 amide bonds. The first-order valence-electron chi connectivity index (χ1n) is 6.93. The van der Waals surface area contributed by atoms with Crippen LogP contribution in [0.15, 0.2) is 29.2 Å². The summed E-state index contributed by atoms with van der Waals surface area (Å²) in [5.41, 5.74) is 0.684. The van der Waals surface area contributed by atoms with Crippen molar-refractivity contribution in [1.29, 1.82) is 0 Å². The zero-order valence-corrected chi connectivity index (χ0v) is 12.3. The van der Waals surface area contributed by atoms with Crippen molar-refractivity contribution in [2.75, 3.05) is 11.9 Å². The van der Waals surface area contributed by atoms with Crippen molar-refractivity contribution < 1.29 is 22.3 Å². The smallest absolute Gasteiger partial charge is 0.341 e. The van der Waals surface area contributed by atoms with E-state index in [0.717, 1.165) is 25.7 Å². The third-order valence-corrected chi connectivity index (χ3v) is 5.17. The molecule has 4 nitrogen and oxygen atoms in total. The van der Waals surface area contributed by atoms with Crippen LogP contribution in [-0.2, 0) is 9.84 Å². The fourth-order valence-corrected chi connectivity index (χ4v) is 3.30. The summed E-state index contributed by atoms with van der Waals surface area (Å²) in [7, 11) is -4.53. The molecule has 1 saturated carbocycles. The quantitative estimate of drug-likeness (QED) is 0.875. The maximum absolute atomic E-state index is 12.4. The summed E-state index contributed by atoms with van der Waals surface area (Å²) in [4.78, 5) is -0.379. The van der Waals surface area contributed by atoms with Crippen molar-refractivity contribution in [3.05, 3.63) is 24.3 Å². The van der Waals surface area contributed by atoms with Gasteiger partial charge in [0.05, 0.1) is 11.0 Å². The molecule has 1 aromatic carbocycles. The van der Waals surface area contributed by atoms with Crippen molar-refractivity contribution in [3.8, 4) is 0 Å². The number of nitrogens with one attached hydrogen (secondary N) is 1. The first-order chi connectivity index (χ1) is 9.89. The molecule has 1 aromatic rings. The topological polar surface area (TPSA) is 66.4 Å². The lowest BCUT2D eigenvalue weighted by Gasteiger charge is -2.26. The van der Waals surface area contributed by atoms with Crippen molar-refractivity contribution in [2.24, 2.45) is 5.92 Å². The van der Waals surface area contributed by atoms with Crippen LogP contribution in [0.4, 0.5) is 14.5 Å². The Morgan fingerprint density at radius 2 is 1.90 bits per heavy atom. The van der Waals surface area contributed by atoms with Crippen LogP contribution >= 0.6 is 0 Å². The molecule has 1 aliphatic carbocycles. The number of aliphatic hydroxyl groups excluding tert-OH is 1. The summed E-state index contributed by atoms with van der Waals surface area (Å²) in [5.74, 6) is -3.03. The first kappa shape index (κ1) is 16.2. The van der Waals surface area contributed by atoms with Crippen LogP contribution in [0.1, 0.15) is 25.7 Å². The molecule has 2 unspecified atom stereocenters. The second-order valence-electron chi connectivity index (χ2n) is 5.40. The Labute approximate surface area is 123 Å². The molecule has 118 valence electrons. The van der Waals surface area contributed by atoms with Gasteiger partial charge in [-0.25, -0.2) is 8.42 Å². The zero-order valence-electron chi connectivity index (χ0n) is 11.5. The van der Waals surface area contributed by atoms with Gasteiger partial charge in [-0.15, -0.1) is 0 Å². The molecule has 0 aliphatic heterocycles. The monoisotopic (exact) mass is 319 g/mol. The highest BCUT2D eigenvalue weighted by molar-refractivity contribution is 7.91. The van der Waals surface area contributed by atoms with Crippen LogP contribution in [0.2, 0.25) is 0 Å². The van der Waals surface area contributed by atoms with Crippen molar-refractivity contribution in [2.45, 2.75) is 42.4 Å². The van der Waals surface area contributed by atoms with Gasteiger partial charge in [0.1, 0.15) is 0 Å². The summed E-state index contributed by atoms with van der Waals surface area (Å²) >= 11 is 0. The maximum Gasteiger partial charge on any atom is 0.341 e. The molecule has 21 heavy (non-hydrogen) atoms. The first-order valence-corrected chi connectivity index (χ1v) is 8.48. The van der Waals surface area contributed by atoms with Gasteiger partial charge in [-0.2, -0.15) is 8.78 Å². The Kier molecular flexibility index (Phi) is 5.16. The van der Waals surface area contributed by atoms with Crippen LogP contribution in [0.3, 0.4) is 0 Å². The number of halogens is 2. The minimum Gasteiger partial charge on any atom is -0.393 e. The molecule has 2 N–H and O–H groups in total. The van der Waals surface area contributed by atoms with Crippen LogP contribution in [0.5, 0.6) is 0 Å². The van der Waals surface area contributed by atoms with Gasteiger partial charge in [0, 0.05) is 12.2 Å². The highest BCUT2D eigenvalue weighted by Crippen LogP contribution is 2.25. The lowest BCUT2D eigenvalue weighted by molar-refractivity contribution is 0.105. The highest BCUT2D eigenvalue weighted by Gasteiger charge is 2.26. The van der Waals surface area contributed by atoms with Crippen LogP contribution in [-0.4, -0.2) is 31.9 Å². The van der Waals surface area contributed by atoms with Gasteiger partial charge in [-0.05, 0) is 49.4 Å². The number of benzene rings is 1. The summed E-state index contributed by atoms with van der Waals surface area (Å²) in [6, 6.07) is 5.32. The summed E-state index contributed by atoms with van der Waals surface area (Å²) < 4.78 is 47.4. The van der Waals surface area contributed by atoms with Crippen molar-refractivity contribution >= 4 is 15.5 Å². The van der Waals surface area contributed by atoms with Gasteiger partial charge in [-0.3, -0.25) is 0 Å². The Bertz CT molecular complexity index is 560. The Balaban J connectivity index is 1.94. The Hall–Kier alpha value is -1.21. The molecule has 0 radical (unpaired) electrons. The molecule has 0 bridgehead atoms. The lowest BCUT2D eigenvalue weighted by Crippen LogP contribution is -2.25. The molecule has 2 atom stereocenters. The van der Waals surface area contributed by atoms with Gasteiger partial charge in [0.15, 0.2) is 0 Å². The lowest BCUT2D eigenvalue weighted by atomic mass is 9.87. The molecule has 1 aliphatic rings. The molecule has 2 rings (SSSR count). The van der Waals surface area contributed by atoms with E-state index in [2.05, 4.69) is 5.32 Å². The molecule has 1 fully saturated rings. The third-order valence-electron chi connectivity index (χ3n) is 3.77. The van der Waals surface area contributed by atoms with Crippen LogP contribution in [0.25, 0.3) is 0 Å². The standard InChI is InChI=1S/C14H19F2NO3S/c15-14(16)21(19,20)13-6-4-11(5-7-13)17-9-10-2-1-3-12(18)8-10/h4-7,10,12,14,17-18H,1-3,8-9H2. The number of hydrogen-bond acceptors (Lipinski definition) is 4. The number of aliphatic hydroxyl groups is 1. The fourth-order valence-electron chi connectivity index (χ4n) is 2.58. The van der Waals surface area contributed by atoms with Crippen molar-refractivity contribution in [3.63, 3.8) is 0 Å². The van der Waals surface area contributed by atoms with E-state index in [1.165, 1.54) is 24.3 Å². The summed E-state index contributed by atoms with van der Waals surface area (Å²) in [5, 5.41) is 12.7. The predicted molar refractivity (Wildman–Crippen MR) is 76.1 cm³/mol. The number of hydrogen-bond donors (Lipinski definition) is 2. The minimum atomic E-state index is -4.53. The van der Waals surface area contributed by atoms with Gasteiger partial charge < -0.3 is 10.4 Å². The van der Waals surface area contributed by atoms with Gasteiger partial charge >= 0.3 is 5.76 Å². The summed E-state index contributed by atoms with van der Waals surface area (Å²) in [6.07, 6.45) is 3.40. The third kappa shape index (κ3) is 4.14. The van der Waals surface area contributed by atoms with Gasteiger partial charge in [-0.1, -0.05) is 6.42 Å². The largest absolute Gasteiger partial charge is 0.393 e. The Morgan fingerprint density at radius 3 is 2.48 bits per heavy atom. The van der Waals surface area contributed by atoms with Gasteiger partial charge in [0.25, 0.3) is 0 Å². The molecule has 0 heterocycles. The second kappa shape index (κ2) is 6.70. The minimum absolute atomic E-state index is 0.246. The molecular formula is C14H19F2NO3S. The van der Waals surface area contributed by atoms with E-state index >= 15 is 0 Å². The van der Waals surface area contributed by atoms with Crippen LogP contribution in [0, 0.1) is 5.92 Å².